The lowest BCUT2D eigenvalue weighted by Crippen LogP contribution is -2.59. The summed E-state index contributed by atoms with van der Waals surface area (Å²) in [5, 5.41) is 6.74. The molecule has 1 atom stereocenters. The summed E-state index contributed by atoms with van der Waals surface area (Å²) >= 11 is 0. The highest BCUT2D eigenvalue weighted by molar-refractivity contribution is 5.99. The van der Waals surface area contributed by atoms with Gasteiger partial charge >= 0.3 is 12.1 Å². The highest BCUT2D eigenvalue weighted by Gasteiger charge is 2.45. The number of hydrazine groups is 1. The quantitative estimate of drug-likeness (QED) is 0.690. The van der Waals surface area contributed by atoms with E-state index in [1.54, 1.807) is 0 Å². The molecule has 3 N–H and O–H groups in total. The van der Waals surface area contributed by atoms with Crippen LogP contribution < -0.4 is 16.1 Å². The molecule has 5 amide bonds. The van der Waals surface area contributed by atoms with E-state index in [4.69, 9.17) is 0 Å². The first-order valence-corrected chi connectivity index (χ1v) is 6.61. The van der Waals surface area contributed by atoms with Crippen molar-refractivity contribution in [1.82, 2.24) is 26.0 Å². The largest absolute Gasteiger partial charge is 0.344 e. The average Bonchev–Trinajstić information content (AvgIpc) is 2.84. The van der Waals surface area contributed by atoms with Crippen LogP contribution in [0.25, 0.3) is 0 Å². The number of rotatable bonds is 2. The molecule has 0 aliphatic carbocycles. The second-order valence-electron chi connectivity index (χ2n) is 4.81. The standard InChI is InChI=1S/C13H15N5O3/c19-11-8-14-7-10-17(11)13(21)16-18(10)12(20)15-6-9-4-2-1-3-5-9/h1-5,10,14H,6-8H2,(H,15,20)(H,16,21). The van der Waals surface area contributed by atoms with Crippen LogP contribution in [0.1, 0.15) is 5.56 Å². The first-order chi connectivity index (χ1) is 10.2. The van der Waals surface area contributed by atoms with Gasteiger partial charge in [-0.1, -0.05) is 30.3 Å². The number of nitrogens with one attached hydrogen (secondary N) is 3. The molecule has 3 rings (SSSR count). The Bertz CT molecular complexity index is 576. The molecular formula is C13H15N5O3. The zero-order valence-electron chi connectivity index (χ0n) is 11.2. The smallest absolute Gasteiger partial charge is 0.332 e. The summed E-state index contributed by atoms with van der Waals surface area (Å²) < 4.78 is 0. The number of hydrogen-bond donors (Lipinski definition) is 3. The van der Waals surface area contributed by atoms with Crippen LogP contribution in [0.3, 0.4) is 0 Å². The van der Waals surface area contributed by atoms with Crippen molar-refractivity contribution in [2.45, 2.75) is 12.7 Å². The van der Waals surface area contributed by atoms with Crippen LogP contribution in [0, 0.1) is 0 Å². The van der Waals surface area contributed by atoms with E-state index in [0.29, 0.717) is 13.1 Å². The number of piperazine rings is 1. The highest BCUT2D eigenvalue weighted by Crippen LogP contribution is 2.15. The van der Waals surface area contributed by atoms with E-state index in [1.165, 1.54) is 0 Å². The predicted molar refractivity (Wildman–Crippen MR) is 72.6 cm³/mol. The Morgan fingerprint density at radius 3 is 2.81 bits per heavy atom. The van der Waals surface area contributed by atoms with Gasteiger partial charge in [0.05, 0.1) is 6.54 Å². The minimum Gasteiger partial charge on any atom is -0.332 e. The fraction of sp³-hybridized carbons (Fsp3) is 0.308. The number of carbonyl (C=O) groups excluding carboxylic acids is 3. The maximum Gasteiger partial charge on any atom is 0.344 e. The Kier molecular flexibility index (Phi) is 3.44. The maximum absolute atomic E-state index is 12.2. The van der Waals surface area contributed by atoms with Crippen LogP contribution in [-0.2, 0) is 11.3 Å². The van der Waals surface area contributed by atoms with Crippen LogP contribution in [0.2, 0.25) is 0 Å². The Labute approximate surface area is 121 Å². The third-order valence-electron chi connectivity index (χ3n) is 3.41. The number of amides is 5. The zero-order valence-corrected chi connectivity index (χ0v) is 11.2. The summed E-state index contributed by atoms with van der Waals surface area (Å²) in [4.78, 5) is 36.7. The lowest BCUT2D eigenvalue weighted by molar-refractivity contribution is -0.131. The fourth-order valence-corrected chi connectivity index (χ4v) is 2.38. The fourth-order valence-electron chi connectivity index (χ4n) is 2.38. The summed E-state index contributed by atoms with van der Waals surface area (Å²) in [6.45, 7) is 0.798. The molecule has 2 fully saturated rings. The lowest BCUT2D eigenvalue weighted by atomic mass is 10.2. The molecule has 2 aliphatic heterocycles. The summed E-state index contributed by atoms with van der Waals surface area (Å²) in [5.74, 6) is -0.345. The first kappa shape index (κ1) is 13.4. The Balaban J connectivity index is 1.65. The van der Waals surface area contributed by atoms with Gasteiger partial charge in [-0.25, -0.2) is 24.9 Å². The first-order valence-electron chi connectivity index (χ1n) is 6.61. The van der Waals surface area contributed by atoms with Crippen LogP contribution in [0.4, 0.5) is 9.59 Å². The molecule has 0 saturated carbocycles. The molecule has 1 unspecified atom stereocenters. The number of urea groups is 2. The molecule has 2 heterocycles. The molecule has 8 nitrogen and oxygen atoms in total. The molecule has 0 radical (unpaired) electrons. The molecule has 8 heteroatoms. The Hall–Kier alpha value is -2.61. The van der Waals surface area contributed by atoms with Crippen molar-refractivity contribution in [3.8, 4) is 0 Å². The Morgan fingerprint density at radius 2 is 2.05 bits per heavy atom. The number of carbonyl (C=O) groups is 3. The molecule has 0 bridgehead atoms. The molecular weight excluding hydrogens is 274 g/mol. The predicted octanol–water partition coefficient (Wildman–Crippen LogP) is -0.406. The van der Waals surface area contributed by atoms with Gasteiger partial charge < -0.3 is 10.6 Å². The summed E-state index contributed by atoms with van der Waals surface area (Å²) in [6, 6.07) is 8.41. The van der Waals surface area contributed by atoms with E-state index in [2.05, 4.69) is 16.1 Å². The number of hydrogen-bond acceptors (Lipinski definition) is 4. The highest BCUT2D eigenvalue weighted by atomic mass is 16.2. The van der Waals surface area contributed by atoms with Gasteiger partial charge in [-0.2, -0.15) is 0 Å². The second kappa shape index (κ2) is 5.41. The van der Waals surface area contributed by atoms with Gasteiger partial charge in [-0.05, 0) is 5.56 Å². The summed E-state index contributed by atoms with van der Waals surface area (Å²) in [5.41, 5.74) is 3.36. The van der Waals surface area contributed by atoms with E-state index in [0.717, 1.165) is 15.5 Å². The van der Waals surface area contributed by atoms with Gasteiger partial charge in [0.2, 0.25) is 5.91 Å². The topological polar surface area (TPSA) is 93.8 Å². The van der Waals surface area contributed by atoms with Crippen LogP contribution in [0.15, 0.2) is 30.3 Å². The molecule has 1 aromatic carbocycles. The molecule has 2 saturated heterocycles. The SMILES string of the molecule is O=C(NCc1ccccc1)N1NC(=O)N2C(=O)CNCC12. The van der Waals surface area contributed by atoms with Gasteiger partial charge in [-0.15, -0.1) is 0 Å². The average molecular weight is 289 g/mol. The monoisotopic (exact) mass is 289 g/mol. The van der Waals surface area contributed by atoms with Gasteiger partial charge in [0, 0.05) is 13.1 Å². The maximum atomic E-state index is 12.2. The van der Waals surface area contributed by atoms with Crippen LogP contribution in [0.5, 0.6) is 0 Å². The van der Waals surface area contributed by atoms with E-state index in [1.807, 2.05) is 30.3 Å². The minimum absolute atomic E-state index is 0.101. The van der Waals surface area contributed by atoms with Crippen molar-refractivity contribution >= 4 is 18.0 Å². The normalized spacial score (nSPS) is 21.0. The van der Waals surface area contributed by atoms with Gasteiger partial charge in [-0.3, -0.25) is 4.79 Å². The van der Waals surface area contributed by atoms with Crippen molar-refractivity contribution in [1.29, 1.82) is 0 Å². The third-order valence-corrected chi connectivity index (χ3v) is 3.41. The molecule has 110 valence electrons. The molecule has 2 aliphatic rings. The van der Waals surface area contributed by atoms with Gasteiger partial charge in [0.25, 0.3) is 0 Å². The summed E-state index contributed by atoms with van der Waals surface area (Å²) in [7, 11) is 0. The molecule has 1 aromatic rings. The second-order valence-corrected chi connectivity index (χ2v) is 4.81. The van der Waals surface area contributed by atoms with Crippen molar-refractivity contribution in [3.63, 3.8) is 0 Å². The number of fused-ring (bicyclic) bond motifs is 1. The van der Waals surface area contributed by atoms with E-state index >= 15 is 0 Å². The van der Waals surface area contributed by atoms with Crippen LogP contribution in [-0.4, -0.2) is 47.1 Å². The number of nitrogens with zero attached hydrogens (tertiary/aromatic N) is 2. The van der Waals surface area contributed by atoms with Crippen molar-refractivity contribution in [2.75, 3.05) is 13.1 Å². The summed E-state index contributed by atoms with van der Waals surface area (Å²) in [6.07, 6.45) is -0.630. The third kappa shape index (κ3) is 2.52. The molecule has 0 spiro atoms. The molecule has 21 heavy (non-hydrogen) atoms. The van der Waals surface area contributed by atoms with Gasteiger partial charge in [0.15, 0.2) is 6.17 Å². The molecule has 0 aromatic heterocycles. The van der Waals surface area contributed by atoms with Gasteiger partial charge in [0.1, 0.15) is 0 Å². The Morgan fingerprint density at radius 1 is 1.29 bits per heavy atom. The van der Waals surface area contributed by atoms with Crippen LogP contribution >= 0.6 is 0 Å². The van der Waals surface area contributed by atoms with Crippen molar-refractivity contribution in [3.05, 3.63) is 35.9 Å². The van der Waals surface area contributed by atoms with Crippen molar-refractivity contribution in [2.24, 2.45) is 0 Å². The van der Waals surface area contributed by atoms with Crippen molar-refractivity contribution < 1.29 is 14.4 Å². The number of imide groups is 1. The van der Waals surface area contributed by atoms with E-state index in [-0.39, 0.29) is 12.5 Å². The zero-order chi connectivity index (χ0) is 14.8. The minimum atomic E-state index is -0.630. The van der Waals surface area contributed by atoms with E-state index in [9.17, 15) is 14.4 Å². The number of benzene rings is 1. The van der Waals surface area contributed by atoms with E-state index < -0.39 is 18.2 Å². The lowest BCUT2D eigenvalue weighted by Gasteiger charge is -2.30.